The zero-order valence-corrected chi connectivity index (χ0v) is 37.1. The van der Waals surface area contributed by atoms with Crippen molar-refractivity contribution in [3.05, 3.63) is 88.9 Å². The summed E-state index contributed by atoms with van der Waals surface area (Å²) in [5.41, 5.74) is -7.21. The van der Waals surface area contributed by atoms with Gasteiger partial charge in [0.15, 0.2) is 15.1 Å². The first-order valence-electron chi connectivity index (χ1n) is 18.4. The van der Waals surface area contributed by atoms with Crippen LogP contribution in [0.2, 0.25) is 18.1 Å². The van der Waals surface area contributed by atoms with Crippen LogP contribution in [0.1, 0.15) is 85.5 Å². The standard InChI is InChI=1S/C40H57ClF2NO8PSSi/c1-11-49-53(47,50-12-2)40(42,43)35(45)39(37(3,4)5,44-36(46)51-38(6,7)8)24-23-34(52-55(9)10)32-22-21-31(26-33(32)41)54-30-20-16-19-29(25-30)48-27-28-17-14-13-15-18-28/h13-22,25-26,34-35,45,55H,11-12,23-24,27H2,1-10H3,(H,44,46). The Bertz CT molecular complexity index is 1730. The van der Waals surface area contributed by atoms with Gasteiger partial charge in [-0.2, -0.15) is 8.78 Å². The van der Waals surface area contributed by atoms with Gasteiger partial charge in [0.1, 0.15) is 18.0 Å². The average Bonchev–Trinajstić information content (AvgIpc) is 3.07. The molecule has 0 heterocycles. The second-order valence-electron chi connectivity index (χ2n) is 15.4. The Morgan fingerprint density at radius 1 is 0.927 bits per heavy atom. The second-order valence-corrected chi connectivity index (χ2v) is 21.4. The summed E-state index contributed by atoms with van der Waals surface area (Å²) in [5.74, 6) is 0.723. The summed E-state index contributed by atoms with van der Waals surface area (Å²) < 4.78 is 74.8. The summed E-state index contributed by atoms with van der Waals surface area (Å²) in [6.07, 6.45) is -4.73. The van der Waals surface area contributed by atoms with Crippen LogP contribution in [0, 0.1) is 5.41 Å². The number of nitrogens with one attached hydrogen (secondary N) is 1. The van der Waals surface area contributed by atoms with Crippen molar-refractivity contribution in [2.75, 3.05) is 13.2 Å². The Hall–Kier alpha value is -2.48. The first-order chi connectivity index (χ1) is 25.6. The third kappa shape index (κ3) is 12.8. The molecule has 306 valence electrons. The molecule has 0 aliphatic rings. The van der Waals surface area contributed by atoms with E-state index in [-0.39, 0.29) is 26.1 Å². The van der Waals surface area contributed by atoms with Gasteiger partial charge in [0.2, 0.25) is 0 Å². The first kappa shape index (κ1) is 46.9. The fourth-order valence-corrected chi connectivity index (χ4v) is 9.87. The zero-order valence-electron chi connectivity index (χ0n) is 33.5. The van der Waals surface area contributed by atoms with Crippen molar-refractivity contribution in [2.24, 2.45) is 5.41 Å². The van der Waals surface area contributed by atoms with Crippen molar-refractivity contribution in [2.45, 2.75) is 127 Å². The molecule has 15 heteroatoms. The Balaban J connectivity index is 1.99. The number of alkyl carbamates (subject to hydrolysis) is 1. The van der Waals surface area contributed by atoms with Crippen molar-refractivity contribution < 1.29 is 46.2 Å². The van der Waals surface area contributed by atoms with E-state index in [0.29, 0.717) is 17.2 Å². The quantitative estimate of drug-likeness (QED) is 0.0899. The van der Waals surface area contributed by atoms with Gasteiger partial charge in [-0.15, -0.1) is 0 Å². The number of rotatable bonds is 19. The lowest BCUT2D eigenvalue weighted by Gasteiger charge is -2.51. The largest absolute Gasteiger partial charge is 0.489 e. The topological polar surface area (TPSA) is 113 Å². The van der Waals surface area contributed by atoms with Gasteiger partial charge in [-0.05, 0) is 107 Å². The van der Waals surface area contributed by atoms with Crippen LogP contribution in [0.3, 0.4) is 0 Å². The number of amides is 1. The molecule has 0 spiro atoms. The smallest absolute Gasteiger partial charge is 0.408 e. The molecule has 3 rings (SSSR count). The SMILES string of the molecule is CCOP(=O)(OCC)C(F)(F)C(O)C(CCC(O[SiH](C)C)c1ccc(Sc2cccc(OCc3ccccc3)c2)cc1Cl)(NC(=O)OC(C)(C)C)C(C)(C)C. The van der Waals surface area contributed by atoms with E-state index in [1.807, 2.05) is 85.9 Å². The molecule has 0 fully saturated rings. The lowest BCUT2D eigenvalue weighted by molar-refractivity contribution is -0.137. The van der Waals surface area contributed by atoms with Gasteiger partial charge >= 0.3 is 19.4 Å². The second kappa shape index (κ2) is 19.8. The van der Waals surface area contributed by atoms with E-state index in [1.54, 1.807) is 41.5 Å². The van der Waals surface area contributed by atoms with E-state index in [2.05, 4.69) is 5.32 Å². The summed E-state index contributed by atoms with van der Waals surface area (Å²) in [6, 6.07) is 23.2. The molecule has 3 aromatic rings. The fraction of sp³-hybridized carbons (Fsp3) is 0.525. The molecular formula is C40H57ClF2NO8PSSi. The predicted molar refractivity (Wildman–Crippen MR) is 218 cm³/mol. The number of halogens is 3. The number of hydrogen-bond acceptors (Lipinski definition) is 9. The number of ether oxygens (including phenoxy) is 2. The molecule has 9 nitrogen and oxygen atoms in total. The van der Waals surface area contributed by atoms with E-state index in [1.165, 1.54) is 25.6 Å². The maximum absolute atomic E-state index is 16.5. The maximum atomic E-state index is 16.5. The van der Waals surface area contributed by atoms with Crippen molar-refractivity contribution in [1.29, 1.82) is 0 Å². The van der Waals surface area contributed by atoms with Gasteiger partial charge in [-0.1, -0.05) is 86.6 Å². The van der Waals surface area contributed by atoms with E-state index < -0.39 is 57.2 Å². The molecule has 0 bridgehead atoms. The lowest BCUT2D eigenvalue weighted by Crippen LogP contribution is -2.69. The minimum atomic E-state index is -5.25. The molecule has 0 aromatic heterocycles. The Kier molecular flexibility index (Phi) is 16.9. The van der Waals surface area contributed by atoms with E-state index >= 15 is 8.78 Å². The molecule has 2 N–H and O–H groups in total. The molecule has 0 aliphatic heterocycles. The zero-order chi connectivity index (χ0) is 41.2. The van der Waals surface area contributed by atoms with Crippen LogP contribution >= 0.6 is 31.0 Å². The van der Waals surface area contributed by atoms with E-state index in [0.717, 1.165) is 21.1 Å². The molecule has 0 saturated carbocycles. The molecule has 0 saturated heterocycles. The molecule has 0 aliphatic carbocycles. The van der Waals surface area contributed by atoms with Gasteiger partial charge in [0, 0.05) is 14.8 Å². The molecule has 3 atom stereocenters. The number of carbonyl (C=O) groups is 1. The number of benzene rings is 3. The summed E-state index contributed by atoms with van der Waals surface area (Å²) in [6.45, 7) is 16.1. The number of aliphatic hydroxyl groups is 1. The Labute approximate surface area is 336 Å². The van der Waals surface area contributed by atoms with Crippen LogP contribution in [0.5, 0.6) is 5.75 Å². The fourth-order valence-electron chi connectivity index (χ4n) is 6.04. The van der Waals surface area contributed by atoms with Crippen LogP contribution in [-0.4, -0.2) is 56.4 Å². The maximum Gasteiger partial charge on any atom is 0.408 e. The highest BCUT2D eigenvalue weighted by molar-refractivity contribution is 7.99. The van der Waals surface area contributed by atoms with Gasteiger partial charge in [0.25, 0.3) is 0 Å². The highest BCUT2D eigenvalue weighted by Crippen LogP contribution is 2.65. The van der Waals surface area contributed by atoms with Crippen LogP contribution in [0.4, 0.5) is 13.6 Å². The lowest BCUT2D eigenvalue weighted by atomic mass is 9.67. The number of aliphatic hydroxyl groups excluding tert-OH is 1. The summed E-state index contributed by atoms with van der Waals surface area (Å²) >= 11 is 8.45. The van der Waals surface area contributed by atoms with Crippen molar-refractivity contribution in [3.8, 4) is 5.75 Å². The van der Waals surface area contributed by atoms with Crippen molar-refractivity contribution in [1.82, 2.24) is 5.32 Å². The molecule has 3 aromatic carbocycles. The molecular weight excluding hydrogens is 787 g/mol. The molecule has 1 amide bonds. The molecule has 0 radical (unpaired) electrons. The van der Waals surface area contributed by atoms with E-state index in [4.69, 9.17) is 34.5 Å². The minimum Gasteiger partial charge on any atom is -0.489 e. The number of carbonyl (C=O) groups excluding carboxylic acids is 1. The van der Waals surface area contributed by atoms with Gasteiger partial charge in [0.05, 0.1) is 24.9 Å². The molecule has 55 heavy (non-hydrogen) atoms. The number of alkyl halides is 2. The Morgan fingerprint density at radius 2 is 1.55 bits per heavy atom. The van der Waals surface area contributed by atoms with Gasteiger partial charge < -0.3 is 33.4 Å². The third-order valence-corrected chi connectivity index (χ3v) is 13.0. The monoisotopic (exact) mass is 843 g/mol. The number of hydrogen-bond donors (Lipinski definition) is 2. The van der Waals surface area contributed by atoms with Crippen LogP contribution < -0.4 is 10.1 Å². The van der Waals surface area contributed by atoms with Crippen LogP contribution in [0.15, 0.2) is 82.6 Å². The van der Waals surface area contributed by atoms with E-state index in [9.17, 15) is 14.5 Å². The summed E-state index contributed by atoms with van der Waals surface area (Å²) in [5, 5.41) is 14.8. The highest BCUT2D eigenvalue weighted by atomic mass is 35.5. The summed E-state index contributed by atoms with van der Waals surface area (Å²) in [4.78, 5) is 15.2. The summed E-state index contributed by atoms with van der Waals surface area (Å²) in [7, 11) is -7.05. The average molecular weight is 844 g/mol. The minimum absolute atomic E-state index is 0.0337. The van der Waals surface area contributed by atoms with Crippen molar-refractivity contribution >= 4 is 46.1 Å². The van der Waals surface area contributed by atoms with Gasteiger partial charge in [-0.25, -0.2) is 4.79 Å². The van der Waals surface area contributed by atoms with Crippen LogP contribution in [0.25, 0.3) is 0 Å². The third-order valence-electron chi connectivity index (χ3n) is 8.67. The normalized spacial score (nSPS) is 15.0. The predicted octanol–water partition coefficient (Wildman–Crippen LogP) is 11.4. The van der Waals surface area contributed by atoms with Gasteiger partial charge in [-0.3, -0.25) is 4.57 Å². The molecule has 3 unspecified atom stereocenters. The highest BCUT2D eigenvalue weighted by Gasteiger charge is 2.67. The Morgan fingerprint density at radius 3 is 2.09 bits per heavy atom. The van der Waals surface area contributed by atoms with Crippen molar-refractivity contribution in [3.63, 3.8) is 0 Å². The first-order valence-corrected chi connectivity index (χ1v) is 23.9. The van der Waals surface area contributed by atoms with Crippen LogP contribution in [-0.2, 0) is 29.4 Å².